The van der Waals surface area contributed by atoms with E-state index in [0.29, 0.717) is 12.0 Å². The van der Waals surface area contributed by atoms with Crippen LogP contribution in [0.25, 0.3) is 0 Å². The lowest BCUT2D eigenvalue weighted by atomic mass is 9.94. The second kappa shape index (κ2) is 11.3. The molecule has 5 atom stereocenters. The van der Waals surface area contributed by atoms with Gasteiger partial charge in [-0.1, -0.05) is 65.2 Å². The molecular weight excluding hydrogens is 300 g/mol. The van der Waals surface area contributed by atoms with E-state index in [1.54, 1.807) is 0 Å². The summed E-state index contributed by atoms with van der Waals surface area (Å²) in [7, 11) is 0. The van der Waals surface area contributed by atoms with Crippen molar-refractivity contribution in [2.45, 2.75) is 122 Å². The van der Waals surface area contributed by atoms with Crippen molar-refractivity contribution in [1.29, 1.82) is 0 Å². The van der Waals surface area contributed by atoms with Gasteiger partial charge in [-0.25, -0.2) is 0 Å². The number of carbonyl (C=O) groups is 1. The van der Waals surface area contributed by atoms with Gasteiger partial charge in [0, 0.05) is 0 Å². The van der Waals surface area contributed by atoms with E-state index in [0.717, 1.165) is 32.0 Å². The van der Waals surface area contributed by atoms with Crippen LogP contribution < -0.4 is 0 Å². The van der Waals surface area contributed by atoms with E-state index in [1.807, 2.05) is 0 Å². The third kappa shape index (κ3) is 6.48. The van der Waals surface area contributed by atoms with E-state index >= 15 is 0 Å². The SMILES string of the molecule is CCCCCCCCCC[C@H](C)[C@@H]1CC[C@@H]([C@@H]2CC[C@@H](C=O)O2)O1. The van der Waals surface area contributed by atoms with Gasteiger partial charge in [0.15, 0.2) is 0 Å². The van der Waals surface area contributed by atoms with Gasteiger partial charge in [0.1, 0.15) is 12.4 Å². The van der Waals surface area contributed by atoms with Gasteiger partial charge in [-0.15, -0.1) is 0 Å². The van der Waals surface area contributed by atoms with E-state index in [1.165, 1.54) is 57.8 Å². The maximum atomic E-state index is 10.8. The number of aldehydes is 1. The summed E-state index contributed by atoms with van der Waals surface area (Å²) in [4.78, 5) is 10.8. The van der Waals surface area contributed by atoms with Crippen molar-refractivity contribution in [2.24, 2.45) is 5.92 Å². The quantitative estimate of drug-likeness (QED) is 0.351. The number of carbonyl (C=O) groups excluding carboxylic acids is 1. The first kappa shape index (κ1) is 19.9. The first-order chi connectivity index (χ1) is 11.7. The minimum atomic E-state index is -0.188. The first-order valence-corrected chi connectivity index (χ1v) is 10.5. The molecule has 2 saturated heterocycles. The summed E-state index contributed by atoms with van der Waals surface area (Å²) >= 11 is 0. The van der Waals surface area contributed by atoms with Gasteiger partial charge in [-0.3, -0.25) is 0 Å². The molecule has 2 heterocycles. The second-order valence-electron chi connectivity index (χ2n) is 7.96. The summed E-state index contributed by atoms with van der Waals surface area (Å²) < 4.78 is 12.1. The molecule has 0 aromatic rings. The molecule has 24 heavy (non-hydrogen) atoms. The minimum absolute atomic E-state index is 0.153. The Bertz CT molecular complexity index is 344. The van der Waals surface area contributed by atoms with Crippen LogP contribution in [0.5, 0.6) is 0 Å². The second-order valence-corrected chi connectivity index (χ2v) is 7.96. The molecule has 0 saturated carbocycles. The number of rotatable bonds is 12. The van der Waals surface area contributed by atoms with Crippen LogP contribution >= 0.6 is 0 Å². The van der Waals surface area contributed by atoms with E-state index in [-0.39, 0.29) is 18.3 Å². The largest absolute Gasteiger partial charge is 0.372 e. The molecule has 0 radical (unpaired) electrons. The van der Waals surface area contributed by atoms with Crippen LogP contribution in [0.2, 0.25) is 0 Å². The van der Waals surface area contributed by atoms with Gasteiger partial charge in [-0.2, -0.15) is 0 Å². The van der Waals surface area contributed by atoms with Gasteiger partial charge in [0.05, 0.1) is 18.3 Å². The number of unbranched alkanes of at least 4 members (excludes halogenated alkanes) is 7. The molecule has 0 unspecified atom stereocenters. The van der Waals surface area contributed by atoms with Crippen molar-refractivity contribution in [3.63, 3.8) is 0 Å². The lowest BCUT2D eigenvalue weighted by Crippen LogP contribution is -2.28. The maximum absolute atomic E-state index is 10.8. The van der Waals surface area contributed by atoms with Gasteiger partial charge in [-0.05, 0) is 38.0 Å². The lowest BCUT2D eigenvalue weighted by Gasteiger charge is -2.23. The zero-order chi connectivity index (χ0) is 17.2. The molecule has 0 bridgehead atoms. The monoisotopic (exact) mass is 338 g/mol. The molecule has 3 nitrogen and oxygen atoms in total. The molecule has 3 heteroatoms. The molecule has 2 fully saturated rings. The normalized spacial score (nSPS) is 31.4. The van der Waals surface area contributed by atoms with Gasteiger partial charge in [0.2, 0.25) is 0 Å². The summed E-state index contributed by atoms with van der Waals surface area (Å²) in [5.74, 6) is 0.651. The summed E-state index contributed by atoms with van der Waals surface area (Å²) in [6, 6.07) is 0. The van der Waals surface area contributed by atoms with Crippen LogP contribution in [0.15, 0.2) is 0 Å². The third-order valence-electron chi connectivity index (χ3n) is 5.88. The standard InChI is InChI=1S/C21H38O3/c1-3-4-5-6-7-8-9-10-11-17(2)19-14-15-21(24-19)20-13-12-18(16-22)23-20/h16-21H,3-15H2,1-2H3/t17-,18-,19-,20-,21-/m0/s1. The summed E-state index contributed by atoms with van der Waals surface area (Å²) in [5, 5.41) is 0. The van der Waals surface area contributed by atoms with Crippen LogP contribution in [0.4, 0.5) is 0 Å². The highest BCUT2D eigenvalue weighted by Gasteiger charge is 2.38. The van der Waals surface area contributed by atoms with Crippen molar-refractivity contribution in [2.75, 3.05) is 0 Å². The van der Waals surface area contributed by atoms with Crippen molar-refractivity contribution in [1.82, 2.24) is 0 Å². The molecule has 0 aromatic carbocycles. The predicted molar refractivity (Wildman–Crippen MR) is 98.2 cm³/mol. The Hall–Kier alpha value is -0.410. The lowest BCUT2D eigenvalue weighted by molar-refractivity contribution is -0.122. The Morgan fingerprint density at radius 3 is 2.17 bits per heavy atom. The zero-order valence-corrected chi connectivity index (χ0v) is 15.9. The highest BCUT2D eigenvalue weighted by atomic mass is 16.6. The van der Waals surface area contributed by atoms with Crippen molar-refractivity contribution in [3.05, 3.63) is 0 Å². The molecule has 2 aliphatic heterocycles. The fraction of sp³-hybridized carbons (Fsp3) is 0.952. The summed E-state index contributed by atoms with van der Waals surface area (Å²) in [6.07, 6.45) is 18.0. The fourth-order valence-corrected chi connectivity index (χ4v) is 4.23. The molecule has 0 aromatic heterocycles. The molecule has 2 aliphatic rings. The molecule has 0 amide bonds. The smallest absolute Gasteiger partial charge is 0.148 e. The average molecular weight is 339 g/mol. The van der Waals surface area contributed by atoms with Crippen LogP contribution in [0.3, 0.4) is 0 Å². The Labute approximate surface area is 148 Å². The summed E-state index contributed by atoms with van der Waals surface area (Å²) in [6.45, 7) is 4.62. The van der Waals surface area contributed by atoms with E-state index in [4.69, 9.17) is 9.47 Å². The van der Waals surface area contributed by atoms with Crippen LogP contribution in [-0.2, 0) is 14.3 Å². The third-order valence-corrected chi connectivity index (χ3v) is 5.88. The number of hydrogen-bond acceptors (Lipinski definition) is 3. The zero-order valence-electron chi connectivity index (χ0n) is 15.9. The Balaban J connectivity index is 1.52. The van der Waals surface area contributed by atoms with Crippen LogP contribution in [0.1, 0.15) is 97.3 Å². The maximum Gasteiger partial charge on any atom is 0.148 e. The first-order valence-electron chi connectivity index (χ1n) is 10.5. The molecule has 0 N–H and O–H groups in total. The average Bonchev–Trinajstić information content (AvgIpc) is 3.25. The van der Waals surface area contributed by atoms with Crippen LogP contribution in [0, 0.1) is 5.92 Å². The number of hydrogen-bond donors (Lipinski definition) is 0. The molecule has 0 aliphatic carbocycles. The molecule has 2 rings (SSSR count). The van der Waals surface area contributed by atoms with E-state index in [2.05, 4.69) is 13.8 Å². The highest BCUT2D eigenvalue weighted by molar-refractivity contribution is 5.56. The fourth-order valence-electron chi connectivity index (χ4n) is 4.23. The minimum Gasteiger partial charge on any atom is -0.372 e. The molecule has 140 valence electrons. The Kier molecular flexibility index (Phi) is 9.33. The Morgan fingerprint density at radius 1 is 0.875 bits per heavy atom. The van der Waals surface area contributed by atoms with Crippen LogP contribution in [-0.4, -0.2) is 30.7 Å². The van der Waals surface area contributed by atoms with Gasteiger partial charge < -0.3 is 14.3 Å². The predicted octanol–water partition coefficient (Wildman–Crippen LogP) is 5.45. The van der Waals surface area contributed by atoms with Crippen molar-refractivity contribution < 1.29 is 14.3 Å². The van der Waals surface area contributed by atoms with E-state index in [9.17, 15) is 4.79 Å². The van der Waals surface area contributed by atoms with Gasteiger partial charge >= 0.3 is 0 Å². The topological polar surface area (TPSA) is 35.5 Å². The molecule has 0 spiro atoms. The highest BCUT2D eigenvalue weighted by Crippen LogP contribution is 2.34. The summed E-state index contributed by atoms with van der Waals surface area (Å²) in [5.41, 5.74) is 0. The van der Waals surface area contributed by atoms with Crippen molar-refractivity contribution >= 4 is 6.29 Å². The molecular formula is C21H38O3. The van der Waals surface area contributed by atoms with E-state index < -0.39 is 0 Å². The van der Waals surface area contributed by atoms with Crippen molar-refractivity contribution in [3.8, 4) is 0 Å². The Morgan fingerprint density at radius 2 is 1.50 bits per heavy atom. The van der Waals surface area contributed by atoms with Gasteiger partial charge in [0.25, 0.3) is 0 Å². The number of ether oxygens (including phenoxy) is 2.